The molecular formula is C32H41N9O3. The van der Waals surface area contributed by atoms with Gasteiger partial charge in [0.2, 0.25) is 5.95 Å². The summed E-state index contributed by atoms with van der Waals surface area (Å²) in [7, 11) is 3.34. The second-order valence-electron chi connectivity index (χ2n) is 12.7. The summed E-state index contributed by atoms with van der Waals surface area (Å²) in [6.45, 7) is 7.22. The minimum Gasteiger partial charge on any atom is -0.507 e. The molecule has 232 valence electrons. The number of carbonyl (C=O) groups is 1. The molecule has 0 radical (unpaired) electrons. The average molecular weight is 600 g/mol. The van der Waals surface area contributed by atoms with Crippen molar-refractivity contribution in [1.29, 1.82) is 0 Å². The van der Waals surface area contributed by atoms with E-state index in [0.717, 1.165) is 82.5 Å². The molecule has 0 bridgehead atoms. The summed E-state index contributed by atoms with van der Waals surface area (Å²) < 4.78 is 4.92. The van der Waals surface area contributed by atoms with Crippen LogP contribution < -0.4 is 20.0 Å². The van der Waals surface area contributed by atoms with Gasteiger partial charge < -0.3 is 29.9 Å². The summed E-state index contributed by atoms with van der Waals surface area (Å²) in [5, 5.41) is 22.2. The van der Waals surface area contributed by atoms with Gasteiger partial charge in [-0.1, -0.05) is 12.1 Å². The lowest BCUT2D eigenvalue weighted by molar-refractivity contribution is -0.163. The molecule has 2 saturated heterocycles. The molecule has 4 fully saturated rings. The molecule has 2 saturated carbocycles. The third-order valence-electron chi connectivity index (χ3n) is 10.1. The number of piperazine rings is 2. The zero-order valence-corrected chi connectivity index (χ0v) is 25.5. The number of esters is 1. The summed E-state index contributed by atoms with van der Waals surface area (Å²) in [4.78, 5) is 30.8. The SMILES string of the molecule is CNc1nnc(-c2ccccc2O)cc1N1CCN(c2ncc(N3CCN(C4CC5(CC(C(=O)OC)C5)C4)CC3)cn2)CC1. The van der Waals surface area contributed by atoms with Crippen LogP contribution in [0, 0.1) is 11.3 Å². The van der Waals surface area contributed by atoms with Crippen LogP contribution in [0.25, 0.3) is 11.3 Å². The first-order chi connectivity index (χ1) is 21.4. The van der Waals surface area contributed by atoms with E-state index < -0.39 is 0 Å². The van der Waals surface area contributed by atoms with Crippen LogP contribution in [0.4, 0.5) is 23.1 Å². The first kappa shape index (κ1) is 28.6. The number of methoxy groups -OCH3 is 1. The average Bonchev–Trinajstić information content (AvgIpc) is 3.04. The zero-order valence-electron chi connectivity index (χ0n) is 25.5. The van der Waals surface area contributed by atoms with E-state index in [-0.39, 0.29) is 17.6 Å². The second kappa shape index (κ2) is 11.7. The lowest BCUT2D eigenvalue weighted by Gasteiger charge is -2.60. The molecular weight excluding hydrogens is 558 g/mol. The minimum atomic E-state index is -0.0333. The number of nitrogens with zero attached hydrogens (tertiary/aromatic N) is 8. The topological polar surface area (TPSA) is 123 Å². The Hall–Kier alpha value is -4.19. The van der Waals surface area contributed by atoms with Crippen molar-refractivity contribution >= 4 is 29.1 Å². The zero-order chi connectivity index (χ0) is 30.3. The molecule has 1 aromatic carbocycles. The summed E-state index contributed by atoms with van der Waals surface area (Å²) >= 11 is 0. The third kappa shape index (κ3) is 5.36. The largest absolute Gasteiger partial charge is 0.507 e. The number of phenolic OH excluding ortho intramolecular Hbond substituents is 1. The van der Waals surface area contributed by atoms with Gasteiger partial charge >= 0.3 is 5.97 Å². The molecule has 2 aliphatic carbocycles. The van der Waals surface area contributed by atoms with Gasteiger partial charge in [0, 0.05) is 71.0 Å². The molecule has 2 aliphatic heterocycles. The number of phenols is 1. The Balaban J connectivity index is 0.907. The van der Waals surface area contributed by atoms with Gasteiger partial charge in [0.25, 0.3) is 0 Å². The molecule has 0 unspecified atom stereocenters. The van der Waals surface area contributed by atoms with Crippen LogP contribution in [0.2, 0.25) is 0 Å². The normalized spacial score (nSPS) is 25.4. The number of ether oxygens (including phenoxy) is 1. The molecule has 7 rings (SSSR count). The second-order valence-corrected chi connectivity index (χ2v) is 12.7. The number of nitrogens with one attached hydrogen (secondary N) is 1. The van der Waals surface area contributed by atoms with Crippen molar-refractivity contribution in [1.82, 2.24) is 25.1 Å². The van der Waals surface area contributed by atoms with E-state index >= 15 is 0 Å². The van der Waals surface area contributed by atoms with Gasteiger partial charge in [0.1, 0.15) is 5.75 Å². The molecule has 44 heavy (non-hydrogen) atoms. The number of aromatic hydroxyl groups is 1. The summed E-state index contributed by atoms with van der Waals surface area (Å²) in [5.41, 5.74) is 3.75. The fourth-order valence-electron chi connectivity index (χ4n) is 7.61. The van der Waals surface area contributed by atoms with Crippen molar-refractivity contribution in [2.24, 2.45) is 11.3 Å². The number of hydrogen-bond donors (Lipinski definition) is 2. The molecule has 0 atom stereocenters. The van der Waals surface area contributed by atoms with Crippen molar-refractivity contribution in [3.05, 3.63) is 42.7 Å². The van der Waals surface area contributed by atoms with E-state index in [1.165, 1.54) is 20.0 Å². The molecule has 12 nitrogen and oxygen atoms in total. The monoisotopic (exact) mass is 599 g/mol. The highest BCUT2D eigenvalue weighted by Gasteiger charge is 2.56. The molecule has 4 aliphatic rings. The number of benzene rings is 1. The van der Waals surface area contributed by atoms with Crippen molar-refractivity contribution in [3.8, 4) is 17.0 Å². The number of hydrogen-bond acceptors (Lipinski definition) is 12. The Bertz CT molecular complexity index is 1470. The Morgan fingerprint density at radius 3 is 2.23 bits per heavy atom. The maximum absolute atomic E-state index is 11.8. The molecule has 4 heterocycles. The number of anilines is 4. The van der Waals surface area contributed by atoms with Crippen molar-refractivity contribution < 1.29 is 14.6 Å². The molecule has 3 aromatic rings. The van der Waals surface area contributed by atoms with Crippen molar-refractivity contribution in [3.63, 3.8) is 0 Å². The van der Waals surface area contributed by atoms with E-state index in [9.17, 15) is 9.90 Å². The minimum absolute atomic E-state index is 0.0333. The van der Waals surface area contributed by atoms with Gasteiger partial charge in [-0.3, -0.25) is 9.69 Å². The van der Waals surface area contributed by atoms with Crippen LogP contribution in [-0.4, -0.2) is 109 Å². The molecule has 2 N–H and O–H groups in total. The van der Waals surface area contributed by atoms with Gasteiger partial charge in [-0.2, -0.15) is 0 Å². The van der Waals surface area contributed by atoms with Crippen molar-refractivity contribution in [2.45, 2.75) is 31.7 Å². The number of rotatable bonds is 7. The standard InChI is InChI=1S/C32H41N9O3/c1-33-29-27(15-26(36-37-29)25-5-3-4-6-28(25)42)40-11-13-41(14-12-40)31-34-20-24(21-35-31)39-9-7-38(8-10-39)23-18-32(19-23)16-22(17-32)30(43)44-2/h3-6,15,20-23,42H,7-14,16-19H2,1-2H3,(H,33,37). The lowest BCUT2D eigenvalue weighted by atomic mass is 9.49. The number of aromatic nitrogens is 4. The first-order valence-electron chi connectivity index (χ1n) is 15.7. The highest BCUT2D eigenvalue weighted by molar-refractivity contribution is 5.75. The van der Waals surface area contributed by atoms with Gasteiger partial charge in [-0.25, -0.2) is 9.97 Å². The van der Waals surface area contributed by atoms with Gasteiger partial charge in [-0.15, -0.1) is 10.2 Å². The lowest BCUT2D eigenvalue weighted by Crippen LogP contribution is -2.60. The predicted molar refractivity (Wildman–Crippen MR) is 169 cm³/mol. The molecule has 0 amide bonds. The maximum Gasteiger partial charge on any atom is 0.308 e. The fraction of sp³-hybridized carbons (Fsp3) is 0.531. The van der Waals surface area contributed by atoms with Crippen LogP contribution >= 0.6 is 0 Å². The summed E-state index contributed by atoms with van der Waals surface area (Å²) in [5.74, 6) is 1.75. The van der Waals surface area contributed by atoms with Gasteiger partial charge in [0.15, 0.2) is 5.82 Å². The Morgan fingerprint density at radius 1 is 0.909 bits per heavy atom. The molecule has 12 heteroatoms. The Labute approximate surface area is 258 Å². The van der Waals surface area contributed by atoms with E-state index in [1.54, 1.807) is 12.1 Å². The summed E-state index contributed by atoms with van der Waals surface area (Å²) in [6.07, 6.45) is 8.39. The van der Waals surface area contributed by atoms with Crippen LogP contribution in [0.3, 0.4) is 0 Å². The van der Waals surface area contributed by atoms with Crippen LogP contribution in [-0.2, 0) is 9.53 Å². The number of carbonyl (C=O) groups excluding carboxylic acids is 1. The highest BCUT2D eigenvalue weighted by Crippen LogP contribution is 2.60. The predicted octanol–water partition coefficient (Wildman–Crippen LogP) is 2.86. The molecule has 1 spiro atoms. The Morgan fingerprint density at radius 2 is 1.57 bits per heavy atom. The Kier molecular flexibility index (Phi) is 7.61. The van der Waals surface area contributed by atoms with Gasteiger partial charge in [0.05, 0.1) is 42.5 Å². The van der Waals surface area contributed by atoms with E-state index in [1.807, 2.05) is 37.6 Å². The fourth-order valence-corrected chi connectivity index (χ4v) is 7.61. The molecule has 2 aromatic heterocycles. The van der Waals surface area contributed by atoms with Crippen molar-refractivity contribution in [2.75, 3.05) is 86.5 Å². The maximum atomic E-state index is 11.8. The quantitative estimate of drug-likeness (QED) is 0.388. The summed E-state index contributed by atoms with van der Waals surface area (Å²) in [6, 6.07) is 9.84. The smallest absolute Gasteiger partial charge is 0.308 e. The highest BCUT2D eigenvalue weighted by atomic mass is 16.5. The van der Waals surface area contributed by atoms with E-state index in [4.69, 9.17) is 14.7 Å². The van der Waals surface area contributed by atoms with Crippen LogP contribution in [0.15, 0.2) is 42.7 Å². The van der Waals surface area contributed by atoms with Crippen LogP contribution in [0.5, 0.6) is 5.75 Å². The first-order valence-corrected chi connectivity index (χ1v) is 15.7. The van der Waals surface area contributed by atoms with E-state index in [2.05, 4.69) is 35.1 Å². The van der Waals surface area contributed by atoms with Gasteiger partial charge in [-0.05, 0) is 49.3 Å². The number of para-hydroxylation sites is 1. The third-order valence-corrected chi connectivity index (χ3v) is 10.1. The van der Waals surface area contributed by atoms with E-state index in [0.29, 0.717) is 28.5 Å². The van der Waals surface area contributed by atoms with Crippen LogP contribution in [0.1, 0.15) is 25.7 Å².